The standard InChI is InChI=1S/C52H36B2N2OS/c1-29-21-24-41-36(26-29)53-35-15-7-10-19-45(35)58-52-47(34-14-11-18-44-46(34)33-13-6-9-17-43(33)57-44)50-48-51(49(52)53)56(41)42-25-22-31(3)28-38(42)54(48)37-27-30(2)20-23-40(37)55(50)39-16-8-5-12-32(39)4/h5-28H,1-4H3. The third-order valence-corrected chi connectivity index (χ3v) is 14.4. The maximum atomic E-state index is 6.68. The lowest BCUT2D eigenvalue weighted by Gasteiger charge is -2.50. The van der Waals surface area contributed by atoms with Crippen molar-refractivity contribution in [3.05, 3.63) is 168 Å². The molecule has 3 nitrogen and oxygen atoms in total. The second-order valence-corrected chi connectivity index (χ2v) is 17.7. The molecule has 13 rings (SSSR count). The molecule has 0 saturated carbocycles. The maximum absolute atomic E-state index is 6.68. The first kappa shape index (κ1) is 32.7. The van der Waals surface area contributed by atoms with Crippen LogP contribution in [-0.2, 0) is 0 Å². The number of fused-ring (bicyclic) bond motifs is 13. The zero-order valence-electron chi connectivity index (χ0n) is 32.7. The Morgan fingerprint density at radius 3 is 1.78 bits per heavy atom. The number of furan rings is 1. The van der Waals surface area contributed by atoms with Crippen molar-refractivity contribution in [2.75, 3.05) is 9.80 Å². The summed E-state index contributed by atoms with van der Waals surface area (Å²) in [6, 6.07) is 54.8. The van der Waals surface area contributed by atoms with E-state index < -0.39 is 0 Å². The van der Waals surface area contributed by atoms with Gasteiger partial charge in [-0.2, -0.15) is 0 Å². The van der Waals surface area contributed by atoms with E-state index in [-0.39, 0.29) is 13.4 Å². The SMILES string of the molecule is Cc1ccc2c(c1)B1c3ccccc3Sc3c1c1c4c(c3-c3cccc5oc6ccccc6c35)N(c3ccccc3C)c3ccc(C)cc3B4c3cc(C)ccc3N21. The molecule has 58 heavy (non-hydrogen) atoms. The molecule has 0 fully saturated rings. The number of anilines is 6. The highest BCUT2D eigenvalue weighted by atomic mass is 32.2. The number of hydrogen-bond acceptors (Lipinski definition) is 4. The summed E-state index contributed by atoms with van der Waals surface area (Å²) >= 11 is 1.95. The van der Waals surface area contributed by atoms with Crippen molar-refractivity contribution >= 4 is 114 Å². The summed E-state index contributed by atoms with van der Waals surface area (Å²) in [5, 5.41) is 2.31. The number of benzene rings is 8. The van der Waals surface area contributed by atoms with Crippen LogP contribution in [0.1, 0.15) is 22.3 Å². The van der Waals surface area contributed by atoms with E-state index in [1.54, 1.807) is 0 Å². The predicted octanol–water partition coefficient (Wildman–Crippen LogP) is 9.86. The van der Waals surface area contributed by atoms with Gasteiger partial charge < -0.3 is 14.2 Å². The van der Waals surface area contributed by atoms with Crippen LogP contribution >= 0.6 is 11.8 Å². The fourth-order valence-corrected chi connectivity index (χ4v) is 12.2. The van der Waals surface area contributed by atoms with Crippen molar-refractivity contribution in [2.24, 2.45) is 0 Å². The van der Waals surface area contributed by atoms with Crippen LogP contribution in [0, 0.1) is 27.7 Å². The fourth-order valence-electron chi connectivity index (χ4n) is 10.9. The number of rotatable bonds is 2. The molecule has 8 aromatic carbocycles. The van der Waals surface area contributed by atoms with E-state index in [0.717, 1.165) is 16.6 Å². The van der Waals surface area contributed by atoms with Crippen LogP contribution in [-0.4, -0.2) is 13.4 Å². The Morgan fingerprint density at radius 1 is 0.483 bits per heavy atom. The first-order valence-corrected chi connectivity index (χ1v) is 21.1. The smallest absolute Gasteiger partial charge is 0.252 e. The van der Waals surface area contributed by atoms with Gasteiger partial charge in [-0.1, -0.05) is 137 Å². The summed E-state index contributed by atoms with van der Waals surface area (Å²) in [5.41, 5.74) is 25.2. The topological polar surface area (TPSA) is 19.6 Å². The van der Waals surface area contributed by atoms with Gasteiger partial charge in [0.1, 0.15) is 11.2 Å². The fraction of sp³-hybridized carbons (Fsp3) is 0.0769. The van der Waals surface area contributed by atoms with E-state index in [2.05, 4.69) is 183 Å². The van der Waals surface area contributed by atoms with E-state index in [9.17, 15) is 0 Å². The zero-order valence-corrected chi connectivity index (χ0v) is 33.5. The summed E-state index contributed by atoms with van der Waals surface area (Å²) in [6.45, 7) is 9.08. The molecule has 9 aromatic rings. The van der Waals surface area contributed by atoms with Gasteiger partial charge in [-0.25, -0.2) is 0 Å². The van der Waals surface area contributed by atoms with E-state index in [4.69, 9.17) is 4.42 Å². The van der Waals surface area contributed by atoms with Crippen LogP contribution in [0.4, 0.5) is 34.1 Å². The molecule has 4 aliphatic rings. The van der Waals surface area contributed by atoms with Gasteiger partial charge in [-0.05, 0) is 109 Å². The third kappa shape index (κ3) is 4.18. The molecule has 272 valence electrons. The van der Waals surface area contributed by atoms with Crippen molar-refractivity contribution in [3.63, 3.8) is 0 Å². The minimum atomic E-state index is 0.0190. The highest BCUT2D eigenvalue weighted by Crippen LogP contribution is 2.55. The number of nitrogens with zero attached hydrogens (tertiary/aromatic N) is 2. The second kappa shape index (κ2) is 11.6. The van der Waals surface area contributed by atoms with Crippen LogP contribution < -0.4 is 42.6 Å². The first-order valence-electron chi connectivity index (χ1n) is 20.3. The Morgan fingerprint density at radius 2 is 1.07 bits per heavy atom. The number of hydrogen-bond donors (Lipinski definition) is 0. The predicted molar refractivity (Wildman–Crippen MR) is 247 cm³/mol. The minimum absolute atomic E-state index is 0.0190. The average Bonchev–Trinajstić information content (AvgIpc) is 3.63. The summed E-state index contributed by atoms with van der Waals surface area (Å²) in [6.07, 6.45) is 0. The Balaban J connectivity index is 1.31. The van der Waals surface area contributed by atoms with Crippen molar-refractivity contribution in [1.82, 2.24) is 0 Å². The van der Waals surface area contributed by atoms with Gasteiger partial charge in [0.25, 0.3) is 6.71 Å². The normalized spacial score (nSPS) is 14.0. The number of aryl methyl sites for hydroxylation is 4. The van der Waals surface area contributed by atoms with Crippen molar-refractivity contribution in [3.8, 4) is 11.1 Å². The minimum Gasteiger partial charge on any atom is -0.456 e. The molecule has 6 heteroatoms. The van der Waals surface area contributed by atoms with Crippen LogP contribution in [0.3, 0.4) is 0 Å². The zero-order chi connectivity index (χ0) is 38.6. The second-order valence-electron chi connectivity index (χ2n) is 16.7. The van der Waals surface area contributed by atoms with Gasteiger partial charge in [0.15, 0.2) is 0 Å². The van der Waals surface area contributed by atoms with E-state index in [0.29, 0.717) is 0 Å². The Hall–Kier alpha value is -6.36. The van der Waals surface area contributed by atoms with Crippen molar-refractivity contribution in [2.45, 2.75) is 37.5 Å². The summed E-state index contributed by atoms with van der Waals surface area (Å²) in [7, 11) is 0. The van der Waals surface area contributed by atoms with Crippen molar-refractivity contribution < 1.29 is 4.42 Å². The Kier molecular flexibility index (Phi) is 6.55. The molecule has 0 amide bonds. The van der Waals surface area contributed by atoms with Crippen molar-refractivity contribution in [1.29, 1.82) is 0 Å². The van der Waals surface area contributed by atoms with Crippen LogP contribution in [0.2, 0.25) is 0 Å². The highest BCUT2D eigenvalue weighted by Gasteiger charge is 2.52. The molecular weight excluding hydrogens is 722 g/mol. The molecule has 0 aliphatic carbocycles. The van der Waals surface area contributed by atoms with Crippen LogP contribution in [0.5, 0.6) is 0 Å². The third-order valence-electron chi connectivity index (χ3n) is 13.2. The lowest BCUT2D eigenvalue weighted by molar-refractivity contribution is 0.669. The lowest BCUT2D eigenvalue weighted by Crippen LogP contribution is -2.68. The number of para-hydroxylation sites is 2. The Labute approximate surface area is 343 Å². The molecule has 0 radical (unpaired) electrons. The van der Waals surface area contributed by atoms with Gasteiger partial charge in [0.2, 0.25) is 6.71 Å². The van der Waals surface area contributed by atoms with E-state index in [1.807, 2.05) is 11.8 Å². The van der Waals surface area contributed by atoms with Gasteiger partial charge in [0.05, 0.1) is 5.69 Å². The molecule has 4 aliphatic heterocycles. The van der Waals surface area contributed by atoms with Gasteiger partial charge in [-0.15, -0.1) is 0 Å². The molecule has 0 saturated heterocycles. The molecule has 0 atom stereocenters. The summed E-state index contributed by atoms with van der Waals surface area (Å²) in [4.78, 5) is 7.92. The van der Waals surface area contributed by atoms with E-state index in [1.165, 1.54) is 115 Å². The molecular formula is C52H36B2N2OS. The molecule has 1 aromatic heterocycles. The first-order chi connectivity index (χ1) is 28.4. The van der Waals surface area contributed by atoms with Gasteiger partial charge in [0, 0.05) is 54.6 Å². The molecule has 0 unspecified atom stereocenters. The highest BCUT2D eigenvalue weighted by molar-refractivity contribution is 8.00. The lowest BCUT2D eigenvalue weighted by atomic mass is 9.29. The molecule has 5 heterocycles. The average molecular weight is 759 g/mol. The maximum Gasteiger partial charge on any atom is 0.252 e. The van der Waals surface area contributed by atoms with Gasteiger partial charge >= 0.3 is 0 Å². The molecule has 0 bridgehead atoms. The monoisotopic (exact) mass is 758 g/mol. The Bertz CT molecular complexity index is 3310. The van der Waals surface area contributed by atoms with Gasteiger partial charge in [-0.3, -0.25) is 0 Å². The molecule has 0 spiro atoms. The summed E-state index contributed by atoms with van der Waals surface area (Å²) in [5.74, 6) is 0. The van der Waals surface area contributed by atoms with E-state index >= 15 is 0 Å². The molecule has 0 N–H and O–H groups in total. The summed E-state index contributed by atoms with van der Waals surface area (Å²) < 4.78 is 6.68. The largest absolute Gasteiger partial charge is 0.456 e. The van der Waals surface area contributed by atoms with Crippen LogP contribution in [0.15, 0.2) is 160 Å². The quantitative estimate of drug-likeness (QED) is 0.164. The van der Waals surface area contributed by atoms with Crippen LogP contribution in [0.25, 0.3) is 33.1 Å².